The van der Waals surface area contributed by atoms with E-state index < -0.39 is 0 Å². The van der Waals surface area contributed by atoms with E-state index >= 15 is 0 Å². The van der Waals surface area contributed by atoms with Gasteiger partial charge in [0.05, 0.1) is 18.8 Å². The first-order valence-electron chi connectivity index (χ1n) is 6.42. The van der Waals surface area contributed by atoms with Crippen molar-refractivity contribution >= 4 is 0 Å². The summed E-state index contributed by atoms with van der Waals surface area (Å²) in [5.74, 6) is 7.04. The molecule has 0 amide bonds. The second-order valence-corrected chi connectivity index (χ2v) is 4.72. The summed E-state index contributed by atoms with van der Waals surface area (Å²) in [6, 6.07) is 8.17. The van der Waals surface area contributed by atoms with Crippen LogP contribution in [0.25, 0.3) is 0 Å². The van der Waals surface area contributed by atoms with Crippen LogP contribution in [-0.4, -0.2) is 22.0 Å². The molecule has 0 radical (unpaired) electrons. The van der Waals surface area contributed by atoms with Crippen molar-refractivity contribution in [3.8, 4) is 5.75 Å². The summed E-state index contributed by atoms with van der Waals surface area (Å²) in [7, 11) is 0. The van der Waals surface area contributed by atoms with Crippen LogP contribution < -0.4 is 16.0 Å². The first-order chi connectivity index (χ1) is 9.38. The maximum atomic E-state index is 5.67. The number of hydrazine groups is 1. The molecule has 1 aromatic carbocycles. The number of fused-ring (bicyclic) bond motifs is 1. The van der Waals surface area contributed by atoms with Crippen LogP contribution in [0.5, 0.6) is 5.75 Å². The minimum atomic E-state index is -0.00472. The van der Waals surface area contributed by atoms with Gasteiger partial charge in [0, 0.05) is 0 Å². The summed E-state index contributed by atoms with van der Waals surface area (Å²) in [5.41, 5.74) is 4.91. The molecule has 1 aromatic heterocycles. The summed E-state index contributed by atoms with van der Waals surface area (Å²) in [6.07, 6.45) is 3.58. The highest BCUT2D eigenvalue weighted by Gasteiger charge is 2.25. The molecule has 0 saturated carbocycles. The van der Waals surface area contributed by atoms with Gasteiger partial charge >= 0.3 is 0 Å². The maximum absolute atomic E-state index is 5.67. The Kier molecular flexibility index (Phi) is 3.43. The third kappa shape index (κ3) is 2.45. The number of nitrogens with one attached hydrogen (secondary N) is 2. The Labute approximate surface area is 111 Å². The zero-order chi connectivity index (χ0) is 13.1. The fourth-order valence-electron chi connectivity index (χ4n) is 2.60. The Morgan fingerprint density at radius 3 is 3.16 bits per heavy atom. The number of aromatic amines is 1. The van der Waals surface area contributed by atoms with Gasteiger partial charge in [-0.2, -0.15) is 15.4 Å². The van der Waals surface area contributed by atoms with Gasteiger partial charge in [0.1, 0.15) is 11.4 Å². The summed E-state index contributed by atoms with van der Waals surface area (Å²) >= 11 is 0. The van der Waals surface area contributed by atoms with E-state index in [1.54, 1.807) is 6.20 Å². The summed E-state index contributed by atoms with van der Waals surface area (Å²) in [6.45, 7) is 0.748. The highest BCUT2D eigenvalue weighted by atomic mass is 16.5. The van der Waals surface area contributed by atoms with Crippen molar-refractivity contribution in [3.63, 3.8) is 0 Å². The second kappa shape index (κ2) is 5.38. The number of benzene rings is 1. The largest absolute Gasteiger partial charge is 0.493 e. The molecule has 2 aromatic rings. The minimum Gasteiger partial charge on any atom is -0.493 e. The van der Waals surface area contributed by atoms with Crippen LogP contribution in [0.1, 0.15) is 36.1 Å². The number of nitrogens with two attached hydrogens (primary N) is 1. The van der Waals surface area contributed by atoms with Crippen LogP contribution in [0.2, 0.25) is 0 Å². The highest BCUT2D eigenvalue weighted by Crippen LogP contribution is 2.38. The summed E-state index contributed by atoms with van der Waals surface area (Å²) < 4.78 is 5.67. The molecule has 3 rings (SSSR count). The van der Waals surface area contributed by atoms with E-state index in [1.165, 1.54) is 5.56 Å². The van der Waals surface area contributed by atoms with Crippen molar-refractivity contribution < 1.29 is 4.74 Å². The van der Waals surface area contributed by atoms with Gasteiger partial charge in [-0.05, 0) is 30.4 Å². The van der Waals surface area contributed by atoms with E-state index in [1.807, 2.05) is 18.2 Å². The van der Waals surface area contributed by atoms with Crippen LogP contribution >= 0.6 is 0 Å². The molecule has 1 aliphatic heterocycles. The lowest BCUT2D eigenvalue weighted by atomic mass is 9.87. The Hall–Kier alpha value is -1.92. The molecule has 0 fully saturated rings. The van der Waals surface area contributed by atoms with E-state index in [4.69, 9.17) is 10.6 Å². The topological polar surface area (TPSA) is 88.9 Å². The molecule has 6 heteroatoms. The smallest absolute Gasteiger partial charge is 0.122 e. The molecular formula is C13H17N5O. The molecule has 1 aliphatic rings. The van der Waals surface area contributed by atoms with Gasteiger partial charge < -0.3 is 4.74 Å². The van der Waals surface area contributed by atoms with Crippen LogP contribution in [0.4, 0.5) is 0 Å². The van der Waals surface area contributed by atoms with Crippen LogP contribution in [0, 0.1) is 0 Å². The molecule has 0 spiro atoms. The van der Waals surface area contributed by atoms with Gasteiger partial charge in [-0.25, -0.2) is 0 Å². The Morgan fingerprint density at radius 2 is 2.37 bits per heavy atom. The van der Waals surface area contributed by atoms with E-state index in [2.05, 4.69) is 26.9 Å². The SMILES string of the molecule is NNC(CC1CCOc2ccccc21)c1cn[nH]n1. The Morgan fingerprint density at radius 1 is 1.47 bits per heavy atom. The van der Waals surface area contributed by atoms with Crippen molar-refractivity contribution in [2.45, 2.75) is 24.8 Å². The minimum absolute atomic E-state index is 0.00472. The van der Waals surface area contributed by atoms with Gasteiger partial charge in [-0.3, -0.25) is 11.3 Å². The second-order valence-electron chi connectivity index (χ2n) is 4.72. The fraction of sp³-hybridized carbons (Fsp3) is 0.385. The van der Waals surface area contributed by atoms with E-state index in [-0.39, 0.29) is 6.04 Å². The number of H-pyrrole nitrogens is 1. The molecule has 6 nitrogen and oxygen atoms in total. The quantitative estimate of drug-likeness (QED) is 0.568. The standard InChI is InChI=1S/C13H17N5O/c14-16-11(12-8-15-18-17-12)7-9-5-6-19-13-4-2-1-3-10(9)13/h1-4,8-9,11,16H,5-7,14H2,(H,15,17,18). The lowest BCUT2D eigenvalue weighted by molar-refractivity contribution is 0.255. The number of aromatic nitrogens is 3. The predicted octanol–water partition coefficient (Wildman–Crippen LogP) is 1.27. The van der Waals surface area contributed by atoms with Crippen molar-refractivity contribution in [2.24, 2.45) is 5.84 Å². The number of ether oxygens (including phenoxy) is 1. The molecule has 0 aliphatic carbocycles. The normalized spacial score (nSPS) is 19.5. The lowest BCUT2D eigenvalue weighted by Crippen LogP contribution is -2.30. The summed E-state index contributed by atoms with van der Waals surface area (Å²) in [4.78, 5) is 0. The van der Waals surface area contributed by atoms with Crippen molar-refractivity contribution in [2.75, 3.05) is 6.61 Å². The average molecular weight is 259 g/mol. The van der Waals surface area contributed by atoms with Crippen LogP contribution in [0.15, 0.2) is 30.5 Å². The molecular weight excluding hydrogens is 242 g/mol. The van der Waals surface area contributed by atoms with Crippen molar-refractivity contribution in [3.05, 3.63) is 41.7 Å². The van der Waals surface area contributed by atoms with E-state index in [9.17, 15) is 0 Å². The molecule has 0 bridgehead atoms. The van der Waals surface area contributed by atoms with Gasteiger partial charge in [-0.1, -0.05) is 18.2 Å². The third-order valence-corrected chi connectivity index (χ3v) is 3.59. The predicted molar refractivity (Wildman–Crippen MR) is 70.4 cm³/mol. The van der Waals surface area contributed by atoms with Gasteiger partial charge in [-0.15, -0.1) is 0 Å². The number of para-hydroxylation sites is 1. The molecule has 19 heavy (non-hydrogen) atoms. The fourth-order valence-corrected chi connectivity index (χ4v) is 2.60. The number of nitrogens with zero attached hydrogens (tertiary/aromatic N) is 2. The third-order valence-electron chi connectivity index (χ3n) is 3.59. The van der Waals surface area contributed by atoms with Gasteiger partial charge in [0.2, 0.25) is 0 Å². The van der Waals surface area contributed by atoms with Crippen LogP contribution in [0.3, 0.4) is 0 Å². The van der Waals surface area contributed by atoms with Crippen LogP contribution in [-0.2, 0) is 0 Å². The number of hydrogen-bond donors (Lipinski definition) is 3. The molecule has 2 unspecified atom stereocenters. The molecule has 0 saturated heterocycles. The van der Waals surface area contributed by atoms with E-state index in [0.717, 1.165) is 30.9 Å². The first kappa shape index (κ1) is 12.1. The average Bonchev–Trinajstić information content (AvgIpc) is 2.99. The molecule has 2 heterocycles. The van der Waals surface area contributed by atoms with Crippen molar-refractivity contribution in [1.29, 1.82) is 0 Å². The van der Waals surface area contributed by atoms with Gasteiger partial charge in [0.15, 0.2) is 0 Å². The maximum Gasteiger partial charge on any atom is 0.122 e. The zero-order valence-corrected chi connectivity index (χ0v) is 10.5. The monoisotopic (exact) mass is 259 g/mol. The zero-order valence-electron chi connectivity index (χ0n) is 10.5. The number of hydrogen-bond acceptors (Lipinski definition) is 5. The van der Waals surface area contributed by atoms with Gasteiger partial charge in [0.25, 0.3) is 0 Å². The van der Waals surface area contributed by atoms with Crippen molar-refractivity contribution in [1.82, 2.24) is 20.8 Å². The Bertz CT molecular complexity index is 528. The number of rotatable bonds is 4. The Balaban J connectivity index is 1.80. The summed E-state index contributed by atoms with van der Waals surface area (Å²) in [5, 5.41) is 10.6. The lowest BCUT2D eigenvalue weighted by Gasteiger charge is -2.28. The molecule has 100 valence electrons. The highest BCUT2D eigenvalue weighted by molar-refractivity contribution is 5.37. The van der Waals surface area contributed by atoms with E-state index in [0.29, 0.717) is 5.92 Å². The molecule has 4 N–H and O–H groups in total. The first-order valence-corrected chi connectivity index (χ1v) is 6.42. The molecule has 2 atom stereocenters.